The van der Waals surface area contributed by atoms with Crippen LogP contribution >= 0.6 is 11.6 Å². The van der Waals surface area contributed by atoms with Crippen molar-refractivity contribution in [3.8, 4) is 17.5 Å². The summed E-state index contributed by atoms with van der Waals surface area (Å²) in [6, 6.07) is 11.0. The van der Waals surface area contributed by atoms with E-state index in [4.69, 9.17) is 16.0 Å². The van der Waals surface area contributed by atoms with Gasteiger partial charge in [-0.1, -0.05) is 11.6 Å². The maximum Gasteiger partial charge on any atom is 0.271 e. The molecule has 0 fully saturated rings. The van der Waals surface area contributed by atoms with E-state index in [1.165, 1.54) is 0 Å². The van der Waals surface area contributed by atoms with Gasteiger partial charge in [-0.3, -0.25) is 14.5 Å². The van der Waals surface area contributed by atoms with Crippen LogP contribution in [0, 0.1) is 11.3 Å². The third kappa shape index (κ3) is 3.02. The van der Waals surface area contributed by atoms with Gasteiger partial charge in [0.2, 0.25) is 5.71 Å². The minimum Gasteiger partial charge on any atom is -0.437 e. The smallest absolute Gasteiger partial charge is 0.271 e. The van der Waals surface area contributed by atoms with E-state index in [9.17, 15) is 14.9 Å². The number of benzene rings is 1. The monoisotopic (exact) mass is 420 g/mol. The molecule has 0 spiro atoms. The molecule has 0 radical (unpaired) electrons. The molecular weight excluding hydrogens is 404 g/mol. The van der Waals surface area contributed by atoms with E-state index in [2.05, 4.69) is 4.98 Å². The topological polar surface area (TPSA) is 92.1 Å². The number of halogens is 1. The number of nitriles is 1. The number of nitrogens with zero attached hydrogens (tertiary/aromatic N) is 4. The molecule has 3 aromatic rings. The lowest BCUT2D eigenvalue weighted by atomic mass is 9.95. The van der Waals surface area contributed by atoms with Crippen molar-refractivity contribution in [2.24, 2.45) is 7.05 Å². The van der Waals surface area contributed by atoms with E-state index in [1.807, 2.05) is 29.8 Å². The number of fused-ring (bicyclic) bond motifs is 1. The number of hydrogen-bond acceptors (Lipinski definition) is 5. The summed E-state index contributed by atoms with van der Waals surface area (Å²) in [5, 5.41) is 9.99. The van der Waals surface area contributed by atoms with E-state index < -0.39 is 11.8 Å². The van der Waals surface area contributed by atoms with Gasteiger partial charge in [0.15, 0.2) is 0 Å². The number of aromatic nitrogens is 2. The number of carbonyl (C=O) groups excluding carboxylic acids is 2. The van der Waals surface area contributed by atoms with Gasteiger partial charge in [-0.15, -0.1) is 0 Å². The predicted octanol–water partition coefficient (Wildman–Crippen LogP) is 4.10. The molecule has 3 heterocycles. The minimum absolute atomic E-state index is 0.0399. The van der Waals surface area contributed by atoms with E-state index in [1.54, 1.807) is 38.1 Å². The number of carbonyl (C=O) groups is 2. The van der Waals surface area contributed by atoms with Crippen molar-refractivity contribution in [3.05, 3.63) is 57.8 Å². The molecule has 0 saturated heterocycles. The second-order valence-electron chi connectivity index (χ2n) is 6.86. The first-order valence-corrected chi connectivity index (χ1v) is 9.65. The quantitative estimate of drug-likeness (QED) is 0.470. The van der Waals surface area contributed by atoms with Crippen LogP contribution in [0.5, 0.6) is 0 Å². The van der Waals surface area contributed by atoms with Gasteiger partial charge in [0.25, 0.3) is 11.8 Å². The van der Waals surface area contributed by atoms with E-state index in [0.717, 1.165) is 21.8 Å². The number of likely N-dealkylation sites (N-methyl/N-ethyl adjacent to an activating group) is 1. The van der Waals surface area contributed by atoms with E-state index in [-0.39, 0.29) is 17.7 Å². The molecule has 0 aliphatic carbocycles. The summed E-state index contributed by atoms with van der Waals surface area (Å²) >= 11 is 5.96. The highest BCUT2D eigenvalue weighted by Gasteiger charge is 2.34. The zero-order valence-electron chi connectivity index (χ0n) is 16.6. The SMILES string of the molecule is CCN1C(=O)C(C#N)=C(C)/C(=C/c2cc3c(nc(-c4ccc(Cl)cc4)n3C)o2)C1=O. The number of imide groups is 1. The van der Waals surface area contributed by atoms with Crippen molar-refractivity contribution in [1.82, 2.24) is 14.5 Å². The van der Waals surface area contributed by atoms with Gasteiger partial charge in [0.1, 0.15) is 28.7 Å². The Morgan fingerprint density at radius 2 is 1.93 bits per heavy atom. The summed E-state index contributed by atoms with van der Waals surface area (Å²) in [4.78, 5) is 30.6. The highest BCUT2D eigenvalue weighted by atomic mass is 35.5. The molecule has 0 N–H and O–H groups in total. The van der Waals surface area contributed by atoms with Crippen LogP contribution in [0.4, 0.5) is 0 Å². The Balaban J connectivity index is 1.79. The highest BCUT2D eigenvalue weighted by Crippen LogP contribution is 2.30. The molecule has 0 saturated carbocycles. The molecule has 150 valence electrons. The Morgan fingerprint density at radius 1 is 1.23 bits per heavy atom. The second-order valence-corrected chi connectivity index (χ2v) is 7.30. The average molecular weight is 421 g/mol. The molecule has 8 heteroatoms. The number of amides is 2. The summed E-state index contributed by atoms with van der Waals surface area (Å²) in [5.74, 6) is 0.114. The van der Waals surface area contributed by atoms with Crippen molar-refractivity contribution < 1.29 is 14.0 Å². The lowest BCUT2D eigenvalue weighted by Crippen LogP contribution is -2.42. The van der Waals surface area contributed by atoms with Crippen molar-refractivity contribution >= 4 is 40.7 Å². The Labute approximate surface area is 177 Å². The molecule has 1 aliphatic heterocycles. The Bertz CT molecular complexity index is 1300. The molecule has 2 amide bonds. The first-order chi connectivity index (χ1) is 14.3. The molecule has 1 aliphatic rings. The summed E-state index contributed by atoms with van der Waals surface area (Å²) < 4.78 is 7.73. The van der Waals surface area contributed by atoms with E-state index in [0.29, 0.717) is 22.1 Å². The van der Waals surface area contributed by atoms with Gasteiger partial charge in [-0.25, -0.2) is 0 Å². The van der Waals surface area contributed by atoms with Crippen LogP contribution < -0.4 is 0 Å². The van der Waals surface area contributed by atoms with Crippen LogP contribution in [0.3, 0.4) is 0 Å². The molecule has 2 aromatic heterocycles. The predicted molar refractivity (Wildman–Crippen MR) is 112 cm³/mol. The Kier molecular flexibility index (Phi) is 4.80. The van der Waals surface area contributed by atoms with Gasteiger partial charge in [0.05, 0.1) is 0 Å². The minimum atomic E-state index is -0.571. The second kappa shape index (κ2) is 7.32. The Morgan fingerprint density at radius 3 is 2.53 bits per heavy atom. The number of imidazole rings is 1. The van der Waals surface area contributed by atoms with Crippen molar-refractivity contribution in [3.63, 3.8) is 0 Å². The summed E-state index contributed by atoms with van der Waals surface area (Å²) in [6.45, 7) is 3.46. The molecule has 7 nitrogen and oxygen atoms in total. The van der Waals surface area contributed by atoms with Crippen LogP contribution in [0.1, 0.15) is 19.6 Å². The van der Waals surface area contributed by atoms with Gasteiger partial charge in [-0.05, 0) is 49.8 Å². The molecular formula is C22H17ClN4O3. The van der Waals surface area contributed by atoms with Crippen LogP contribution in [0.15, 0.2) is 51.5 Å². The first-order valence-electron chi connectivity index (χ1n) is 9.27. The lowest BCUT2D eigenvalue weighted by molar-refractivity contribution is -0.140. The molecule has 30 heavy (non-hydrogen) atoms. The largest absolute Gasteiger partial charge is 0.437 e. The van der Waals surface area contributed by atoms with Gasteiger partial charge >= 0.3 is 0 Å². The number of furan rings is 1. The normalized spacial score (nSPS) is 16.1. The fourth-order valence-electron chi connectivity index (χ4n) is 3.48. The van der Waals surface area contributed by atoms with Crippen LogP contribution in [-0.4, -0.2) is 32.8 Å². The molecule has 1 aromatic carbocycles. The first kappa shape index (κ1) is 19.7. The van der Waals surface area contributed by atoms with Gasteiger partial charge in [0, 0.05) is 35.8 Å². The number of rotatable bonds is 3. The molecule has 0 atom stereocenters. The zero-order chi connectivity index (χ0) is 21.6. The average Bonchev–Trinajstić information content (AvgIpc) is 3.25. The van der Waals surface area contributed by atoms with Crippen LogP contribution in [-0.2, 0) is 16.6 Å². The van der Waals surface area contributed by atoms with Crippen LogP contribution in [0.2, 0.25) is 5.02 Å². The fourth-order valence-corrected chi connectivity index (χ4v) is 3.61. The molecule has 4 rings (SSSR count). The van der Waals surface area contributed by atoms with Gasteiger partial charge < -0.3 is 8.98 Å². The number of aryl methyl sites for hydroxylation is 1. The summed E-state index contributed by atoms with van der Waals surface area (Å²) in [5.41, 5.74) is 2.62. The Hall–Kier alpha value is -3.63. The standard InChI is InChI=1S/C22H17ClN4O3/c1-4-27-21(28)16(12(2)17(11-24)22(27)29)9-15-10-18-20(30-15)25-19(26(18)3)13-5-7-14(23)8-6-13/h5-10H,4H2,1-3H3/b16-9-. The third-order valence-electron chi connectivity index (χ3n) is 5.13. The highest BCUT2D eigenvalue weighted by molar-refractivity contribution is 6.30. The summed E-state index contributed by atoms with van der Waals surface area (Å²) in [6.07, 6.45) is 1.55. The van der Waals surface area contributed by atoms with E-state index >= 15 is 0 Å². The fraction of sp³-hybridized carbons (Fsp3) is 0.182. The molecule has 0 bridgehead atoms. The van der Waals surface area contributed by atoms with Crippen molar-refractivity contribution in [2.45, 2.75) is 13.8 Å². The number of hydrogen-bond donors (Lipinski definition) is 0. The summed E-state index contributed by atoms with van der Waals surface area (Å²) in [7, 11) is 1.87. The maximum absolute atomic E-state index is 12.8. The third-order valence-corrected chi connectivity index (χ3v) is 5.38. The molecule has 0 unspecified atom stereocenters. The van der Waals surface area contributed by atoms with Crippen LogP contribution in [0.25, 0.3) is 28.7 Å². The van der Waals surface area contributed by atoms with Gasteiger partial charge in [-0.2, -0.15) is 10.2 Å². The zero-order valence-corrected chi connectivity index (χ0v) is 17.3. The maximum atomic E-state index is 12.8. The lowest BCUT2D eigenvalue weighted by Gasteiger charge is -2.25. The van der Waals surface area contributed by atoms with Crippen molar-refractivity contribution in [2.75, 3.05) is 6.54 Å². The van der Waals surface area contributed by atoms with Crippen molar-refractivity contribution in [1.29, 1.82) is 5.26 Å².